The first-order chi connectivity index (χ1) is 6.38. The molecule has 0 aromatic heterocycles. The van der Waals surface area contributed by atoms with Crippen LogP contribution in [0.15, 0.2) is 0 Å². The van der Waals surface area contributed by atoms with Crippen LogP contribution in [-0.2, 0) is 4.79 Å². The van der Waals surface area contributed by atoms with Gasteiger partial charge in [0.1, 0.15) is 0 Å². The Kier molecular flexibility index (Phi) is 5.77. The fourth-order valence-corrected chi connectivity index (χ4v) is 0.928. The van der Waals surface area contributed by atoms with Crippen molar-refractivity contribution in [3.8, 4) is 0 Å². The van der Waals surface area contributed by atoms with Crippen LogP contribution in [0.2, 0.25) is 0 Å². The number of carbonyl (C=O) groups is 1. The number of carbonyl (C=O) groups excluding carboxylic acids is 1. The number of aliphatic hydroxyl groups excluding tert-OH is 1. The molecule has 0 heterocycles. The van der Waals surface area contributed by atoms with E-state index in [2.05, 4.69) is 26.1 Å². The van der Waals surface area contributed by atoms with Crippen LogP contribution >= 0.6 is 0 Å². The predicted octanol–water partition coefficient (Wildman–Crippen LogP) is 1.70. The van der Waals surface area contributed by atoms with E-state index in [9.17, 15) is 4.79 Å². The van der Waals surface area contributed by atoms with E-state index in [1.54, 1.807) is 0 Å². The van der Waals surface area contributed by atoms with E-state index < -0.39 is 0 Å². The molecule has 0 aliphatic rings. The van der Waals surface area contributed by atoms with Gasteiger partial charge in [0.15, 0.2) is 0 Å². The zero-order valence-electron chi connectivity index (χ0n) is 9.76. The van der Waals surface area contributed by atoms with Gasteiger partial charge in [-0.3, -0.25) is 4.79 Å². The molecule has 14 heavy (non-hydrogen) atoms. The molecule has 0 aliphatic carbocycles. The summed E-state index contributed by atoms with van der Waals surface area (Å²) in [4.78, 5) is 11.4. The van der Waals surface area contributed by atoms with Gasteiger partial charge in [-0.15, -0.1) is 0 Å². The standard InChI is InChI=1S/C11H23NO2/c1-9(11(2,3)4)12-10(14)7-5-6-8-13/h9,13H,5-8H2,1-4H3,(H,12,14). The lowest BCUT2D eigenvalue weighted by atomic mass is 9.88. The first kappa shape index (κ1) is 13.4. The van der Waals surface area contributed by atoms with Crippen LogP contribution in [-0.4, -0.2) is 23.7 Å². The van der Waals surface area contributed by atoms with Crippen molar-refractivity contribution in [3.05, 3.63) is 0 Å². The summed E-state index contributed by atoms with van der Waals surface area (Å²) >= 11 is 0. The van der Waals surface area contributed by atoms with Crippen molar-refractivity contribution < 1.29 is 9.90 Å². The molecule has 3 nitrogen and oxygen atoms in total. The third-order valence-corrected chi connectivity index (χ3v) is 2.49. The third-order valence-electron chi connectivity index (χ3n) is 2.49. The Balaban J connectivity index is 3.72. The SMILES string of the molecule is CC(NC(=O)CCCCO)C(C)(C)C. The molecular weight excluding hydrogens is 178 g/mol. The Morgan fingerprint density at radius 3 is 2.36 bits per heavy atom. The second-order valence-corrected chi connectivity index (χ2v) is 4.84. The minimum absolute atomic E-state index is 0.0841. The quantitative estimate of drug-likeness (QED) is 0.665. The molecule has 84 valence electrons. The summed E-state index contributed by atoms with van der Waals surface area (Å²) < 4.78 is 0. The topological polar surface area (TPSA) is 49.3 Å². The van der Waals surface area contributed by atoms with Gasteiger partial charge in [-0.1, -0.05) is 20.8 Å². The fraction of sp³-hybridized carbons (Fsp3) is 0.909. The van der Waals surface area contributed by atoms with Gasteiger partial charge in [0.2, 0.25) is 5.91 Å². The highest BCUT2D eigenvalue weighted by atomic mass is 16.2. The van der Waals surface area contributed by atoms with Gasteiger partial charge in [-0.2, -0.15) is 0 Å². The van der Waals surface area contributed by atoms with E-state index in [4.69, 9.17) is 5.11 Å². The highest BCUT2D eigenvalue weighted by molar-refractivity contribution is 5.76. The molecule has 0 bridgehead atoms. The molecule has 0 aromatic carbocycles. The Hall–Kier alpha value is -0.570. The van der Waals surface area contributed by atoms with Crippen LogP contribution in [0, 0.1) is 5.41 Å². The molecule has 1 amide bonds. The number of rotatable bonds is 5. The first-order valence-corrected chi connectivity index (χ1v) is 5.28. The Morgan fingerprint density at radius 1 is 1.36 bits per heavy atom. The molecule has 1 atom stereocenters. The highest BCUT2D eigenvalue weighted by Gasteiger charge is 2.21. The largest absolute Gasteiger partial charge is 0.396 e. The van der Waals surface area contributed by atoms with E-state index >= 15 is 0 Å². The summed E-state index contributed by atoms with van der Waals surface area (Å²) in [6.45, 7) is 8.50. The number of aliphatic hydroxyl groups is 1. The van der Waals surface area contributed by atoms with E-state index in [-0.39, 0.29) is 24.0 Å². The number of hydrogen-bond donors (Lipinski definition) is 2. The van der Waals surface area contributed by atoms with Crippen molar-refractivity contribution >= 4 is 5.91 Å². The Labute approximate surface area is 86.9 Å². The summed E-state index contributed by atoms with van der Waals surface area (Å²) in [7, 11) is 0. The van der Waals surface area contributed by atoms with Gasteiger partial charge >= 0.3 is 0 Å². The van der Waals surface area contributed by atoms with E-state index in [1.165, 1.54) is 0 Å². The average Bonchev–Trinajstić information content (AvgIpc) is 2.03. The van der Waals surface area contributed by atoms with Crippen molar-refractivity contribution in [2.75, 3.05) is 6.61 Å². The van der Waals surface area contributed by atoms with Crippen molar-refractivity contribution in [2.24, 2.45) is 5.41 Å². The first-order valence-electron chi connectivity index (χ1n) is 5.28. The van der Waals surface area contributed by atoms with Crippen molar-refractivity contribution in [1.82, 2.24) is 5.32 Å². The second kappa shape index (κ2) is 6.02. The molecule has 0 aromatic rings. The molecule has 0 saturated carbocycles. The lowest BCUT2D eigenvalue weighted by Gasteiger charge is -2.28. The normalized spacial score (nSPS) is 13.8. The maximum atomic E-state index is 11.4. The van der Waals surface area contributed by atoms with Crippen LogP contribution in [0.3, 0.4) is 0 Å². The number of unbranched alkanes of at least 4 members (excludes halogenated alkanes) is 1. The van der Waals surface area contributed by atoms with Crippen LogP contribution in [0.1, 0.15) is 47.0 Å². The molecule has 0 fully saturated rings. The van der Waals surface area contributed by atoms with E-state index in [0.717, 1.165) is 6.42 Å². The molecule has 0 spiro atoms. The van der Waals surface area contributed by atoms with Crippen LogP contribution in [0.5, 0.6) is 0 Å². The van der Waals surface area contributed by atoms with Crippen molar-refractivity contribution in [2.45, 2.75) is 53.0 Å². The summed E-state index contributed by atoms with van der Waals surface area (Å²) in [5, 5.41) is 11.5. The lowest BCUT2D eigenvalue weighted by Crippen LogP contribution is -2.41. The minimum atomic E-state index is 0.0841. The molecular formula is C11H23NO2. The van der Waals surface area contributed by atoms with Crippen LogP contribution in [0.4, 0.5) is 0 Å². The summed E-state index contributed by atoms with van der Waals surface area (Å²) in [5.41, 5.74) is 0.104. The zero-order chi connectivity index (χ0) is 11.2. The molecule has 3 heteroatoms. The van der Waals surface area contributed by atoms with Gasteiger partial charge < -0.3 is 10.4 Å². The Morgan fingerprint density at radius 2 is 1.93 bits per heavy atom. The van der Waals surface area contributed by atoms with Crippen LogP contribution < -0.4 is 5.32 Å². The van der Waals surface area contributed by atoms with Gasteiger partial charge in [0, 0.05) is 19.1 Å². The molecule has 2 N–H and O–H groups in total. The predicted molar refractivity (Wildman–Crippen MR) is 58.0 cm³/mol. The van der Waals surface area contributed by atoms with E-state index in [1.807, 2.05) is 6.92 Å². The smallest absolute Gasteiger partial charge is 0.220 e. The van der Waals surface area contributed by atoms with Crippen molar-refractivity contribution in [3.63, 3.8) is 0 Å². The molecule has 0 aliphatic heterocycles. The average molecular weight is 201 g/mol. The molecule has 1 unspecified atom stereocenters. The lowest BCUT2D eigenvalue weighted by molar-refractivity contribution is -0.122. The molecule has 0 radical (unpaired) electrons. The number of nitrogens with one attached hydrogen (secondary N) is 1. The van der Waals surface area contributed by atoms with Gasteiger partial charge in [-0.05, 0) is 25.2 Å². The monoisotopic (exact) mass is 201 g/mol. The van der Waals surface area contributed by atoms with E-state index in [0.29, 0.717) is 12.8 Å². The summed E-state index contributed by atoms with van der Waals surface area (Å²) in [6.07, 6.45) is 1.98. The van der Waals surface area contributed by atoms with Gasteiger partial charge in [-0.25, -0.2) is 0 Å². The summed E-state index contributed by atoms with van der Waals surface area (Å²) in [5.74, 6) is 0.0841. The van der Waals surface area contributed by atoms with Gasteiger partial charge in [0.25, 0.3) is 0 Å². The number of amides is 1. The second-order valence-electron chi connectivity index (χ2n) is 4.84. The highest BCUT2D eigenvalue weighted by Crippen LogP contribution is 2.18. The minimum Gasteiger partial charge on any atom is -0.396 e. The Bertz CT molecular complexity index is 173. The maximum Gasteiger partial charge on any atom is 0.220 e. The fourth-order valence-electron chi connectivity index (χ4n) is 0.928. The van der Waals surface area contributed by atoms with Gasteiger partial charge in [0.05, 0.1) is 0 Å². The summed E-state index contributed by atoms with van der Waals surface area (Å²) in [6, 6.07) is 0.184. The number of hydrogen-bond acceptors (Lipinski definition) is 2. The van der Waals surface area contributed by atoms with Crippen molar-refractivity contribution in [1.29, 1.82) is 0 Å². The van der Waals surface area contributed by atoms with Crippen LogP contribution in [0.25, 0.3) is 0 Å². The third kappa shape index (κ3) is 5.97. The maximum absolute atomic E-state index is 11.4. The zero-order valence-corrected chi connectivity index (χ0v) is 9.76. The molecule has 0 saturated heterocycles. The molecule has 0 rings (SSSR count).